The molecule has 2 rings (SSSR count). The molecular weight excluding hydrogens is 188 g/mol. The third-order valence-electron chi connectivity index (χ3n) is 2.90. The second kappa shape index (κ2) is 3.42. The summed E-state index contributed by atoms with van der Waals surface area (Å²) in [4.78, 5) is 2.18. The Kier molecular flexibility index (Phi) is 2.35. The molecule has 1 unspecified atom stereocenters. The molecule has 1 heterocycles. The monoisotopic (exact) mass is 206 g/mol. The van der Waals surface area contributed by atoms with Gasteiger partial charge in [-0.3, -0.25) is 0 Å². The molecule has 0 amide bonds. The molecule has 1 aliphatic heterocycles. The molecule has 0 aromatic heterocycles. The Balaban J connectivity index is 2.24. The van der Waals surface area contributed by atoms with Gasteiger partial charge in [0.2, 0.25) is 0 Å². The zero-order valence-electron chi connectivity index (χ0n) is 9.33. The van der Waals surface area contributed by atoms with Crippen molar-refractivity contribution in [3.05, 3.63) is 23.8 Å². The summed E-state index contributed by atoms with van der Waals surface area (Å²) in [5.74, 6) is 0. The van der Waals surface area contributed by atoms with Crippen molar-refractivity contribution in [3.8, 4) is 0 Å². The summed E-state index contributed by atoms with van der Waals surface area (Å²) in [6.07, 6.45) is 0.820. The molecule has 0 spiro atoms. The molecule has 1 saturated heterocycles. The number of hydrogen-bond donors (Lipinski definition) is 2. The molecule has 1 aromatic carbocycles. The van der Waals surface area contributed by atoms with Crippen molar-refractivity contribution in [2.45, 2.75) is 25.9 Å². The number of hydrogen-bond acceptors (Lipinski definition) is 3. The zero-order valence-corrected chi connectivity index (χ0v) is 9.33. The van der Waals surface area contributed by atoms with Gasteiger partial charge in [-0.1, -0.05) is 0 Å². The molecule has 0 bridgehead atoms. The maximum absolute atomic E-state index is 9.89. The first-order chi connectivity index (χ1) is 6.96. The number of aryl methyl sites for hydroxylation is 1. The lowest BCUT2D eigenvalue weighted by Crippen LogP contribution is -2.29. The average molecular weight is 206 g/mol. The fraction of sp³-hybridized carbons (Fsp3) is 0.500. The van der Waals surface area contributed by atoms with Crippen LogP contribution in [-0.4, -0.2) is 23.8 Å². The van der Waals surface area contributed by atoms with Gasteiger partial charge < -0.3 is 15.7 Å². The lowest BCUT2D eigenvalue weighted by molar-refractivity contribution is 0.0839. The van der Waals surface area contributed by atoms with E-state index in [1.54, 1.807) is 0 Å². The SMILES string of the molecule is Cc1cc(N)cc(N2CCC(C)(O)C2)c1. The maximum atomic E-state index is 9.89. The highest BCUT2D eigenvalue weighted by atomic mass is 16.3. The number of anilines is 2. The first-order valence-corrected chi connectivity index (χ1v) is 5.31. The molecule has 0 aliphatic carbocycles. The summed E-state index contributed by atoms with van der Waals surface area (Å²) < 4.78 is 0. The number of β-amino-alcohol motifs (C(OH)–C–C–N with tert-alkyl or cyclic N) is 1. The average Bonchev–Trinajstić information content (AvgIpc) is 2.44. The third kappa shape index (κ3) is 2.23. The summed E-state index contributed by atoms with van der Waals surface area (Å²) >= 11 is 0. The highest BCUT2D eigenvalue weighted by Crippen LogP contribution is 2.28. The Morgan fingerprint density at radius 3 is 2.67 bits per heavy atom. The molecule has 3 nitrogen and oxygen atoms in total. The topological polar surface area (TPSA) is 49.5 Å². The standard InChI is InChI=1S/C12H18N2O/c1-9-5-10(13)7-11(6-9)14-4-3-12(2,15)8-14/h5-7,15H,3-4,8,13H2,1-2H3. The Morgan fingerprint density at radius 2 is 2.13 bits per heavy atom. The number of nitrogen functional groups attached to an aromatic ring is 1. The summed E-state index contributed by atoms with van der Waals surface area (Å²) in [5.41, 5.74) is 8.32. The van der Waals surface area contributed by atoms with Crippen LogP contribution in [0.25, 0.3) is 0 Å². The van der Waals surface area contributed by atoms with Gasteiger partial charge >= 0.3 is 0 Å². The van der Waals surface area contributed by atoms with Crippen molar-refractivity contribution in [2.24, 2.45) is 0 Å². The van der Waals surface area contributed by atoms with Gasteiger partial charge in [0.1, 0.15) is 0 Å². The van der Waals surface area contributed by atoms with Crippen LogP contribution < -0.4 is 10.6 Å². The Bertz CT molecular complexity index is 354. The molecule has 1 fully saturated rings. The number of rotatable bonds is 1. The summed E-state index contributed by atoms with van der Waals surface area (Å²) in [6, 6.07) is 6.03. The van der Waals surface area contributed by atoms with E-state index in [0.29, 0.717) is 6.54 Å². The summed E-state index contributed by atoms with van der Waals surface area (Å²) in [5, 5.41) is 9.89. The van der Waals surface area contributed by atoms with E-state index in [4.69, 9.17) is 5.73 Å². The van der Waals surface area contributed by atoms with Gasteiger partial charge in [0, 0.05) is 24.5 Å². The molecule has 3 heteroatoms. The van der Waals surface area contributed by atoms with Crippen LogP contribution in [0, 0.1) is 6.92 Å². The fourth-order valence-corrected chi connectivity index (χ4v) is 2.14. The molecule has 15 heavy (non-hydrogen) atoms. The fourth-order valence-electron chi connectivity index (χ4n) is 2.14. The number of aliphatic hydroxyl groups is 1. The van der Waals surface area contributed by atoms with Crippen LogP contribution in [0.3, 0.4) is 0 Å². The van der Waals surface area contributed by atoms with Crippen LogP contribution in [0.4, 0.5) is 11.4 Å². The minimum Gasteiger partial charge on any atom is -0.399 e. The molecule has 1 aliphatic rings. The molecule has 3 N–H and O–H groups in total. The Morgan fingerprint density at radius 1 is 1.40 bits per heavy atom. The van der Waals surface area contributed by atoms with Crippen LogP contribution in [0.15, 0.2) is 18.2 Å². The third-order valence-corrected chi connectivity index (χ3v) is 2.90. The largest absolute Gasteiger partial charge is 0.399 e. The van der Waals surface area contributed by atoms with Crippen molar-refractivity contribution in [1.29, 1.82) is 0 Å². The predicted octanol–water partition coefficient (Wildman–Crippen LogP) is 1.54. The second-order valence-corrected chi connectivity index (χ2v) is 4.77. The normalized spacial score (nSPS) is 25.9. The van der Waals surface area contributed by atoms with E-state index >= 15 is 0 Å². The van der Waals surface area contributed by atoms with Gasteiger partial charge in [-0.15, -0.1) is 0 Å². The second-order valence-electron chi connectivity index (χ2n) is 4.77. The van der Waals surface area contributed by atoms with Crippen molar-refractivity contribution in [3.63, 3.8) is 0 Å². The lowest BCUT2D eigenvalue weighted by Gasteiger charge is -2.21. The Hall–Kier alpha value is -1.22. The van der Waals surface area contributed by atoms with Gasteiger partial charge in [0.15, 0.2) is 0 Å². The van der Waals surface area contributed by atoms with Crippen molar-refractivity contribution in [1.82, 2.24) is 0 Å². The van der Waals surface area contributed by atoms with E-state index in [1.807, 2.05) is 26.0 Å². The first kappa shape index (κ1) is 10.3. The maximum Gasteiger partial charge on any atom is 0.0810 e. The Labute approximate surface area is 90.5 Å². The molecule has 0 radical (unpaired) electrons. The summed E-state index contributed by atoms with van der Waals surface area (Å²) in [6.45, 7) is 5.51. The van der Waals surface area contributed by atoms with E-state index in [9.17, 15) is 5.11 Å². The van der Waals surface area contributed by atoms with Crippen LogP contribution in [-0.2, 0) is 0 Å². The molecular formula is C12H18N2O. The molecule has 82 valence electrons. The predicted molar refractivity (Wildman–Crippen MR) is 63.0 cm³/mol. The van der Waals surface area contributed by atoms with E-state index in [2.05, 4.69) is 11.0 Å². The van der Waals surface area contributed by atoms with Gasteiger partial charge in [-0.25, -0.2) is 0 Å². The smallest absolute Gasteiger partial charge is 0.0810 e. The number of benzene rings is 1. The quantitative estimate of drug-likeness (QED) is 0.685. The van der Waals surface area contributed by atoms with E-state index in [0.717, 1.165) is 29.9 Å². The first-order valence-electron chi connectivity index (χ1n) is 5.31. The molecule has 0 saturated carbocycles. The van der Waals surface area contributed by atoms with Gasteiger partial charge in [0.25, 0.3) is 0 Å². The lowest BCUT2D eigenvalue weighted by atomic mass is 10.1. The van der Waals surface area contributed by atoms with E-state index < -0.39 is 5.60 Å². The minimum absolute atomic E-state index is 0.557. The minimum atomic E-state index is -0.557. The number of nitrogens with zero attached hydrogens (tertiary/aromatic N) is 1. The van der Waals surface area contributed by atoms with Crippen LogP contribution in [0.2, 0.25) is 0 Å². The highest BCUT2D eigenvalue weighted by molar-refractivity contribution is 5.59. The number of nitrogens with two attached hydrogens (primary N) is 1. The highest BCUT2D eigenvalue weighted by Gasteiger charge is 2.31. The van der Waals surface area contributed by atoms with Gasteiger partial charge in [-0.05, 0) is 44.0 Å². The molecule has 1 atom stereocenters. The van der Waals surface area contributed by atoms with Crippen LogP contribution in [0.5, 0.6) is 0 Å². The van der Waals surface area contributed by atoms with Crippen molar-refractivity contribution < 1.29 is 5.11 Å². The zero-order chi connectivity index (χ0) is 11.1. The van der Waals surface area contributed by atoms with Gasteiger partial charge in [-0.2, -0.15) is 0 Å². The van der Waals surface area contributed by atoms with Gasteiger partial charge in [0.05, 0.1) is 5.60 Å². The summed E-state index contributed by atoms with van der Waals surface area (Å²) in [7, 11) is 0. The van der Waals surface area contributed by atoms with Crippen LogP contribution in [0.1, 0.15) is 18.9 Å². The van der Waals surface area contributed by atoms with Crippen molar-refractivity contribution in [2.75, 3.05) is 23.7 Å². The van der Waals surface area contributed by atoms with E-state index in [-0.39, 0.29) is 0 Å². The van der Waals surface area contributed by atoms with E-state index in [1.165, 1.54) is 0 Å². The van der Waals surface area contributed by atoms with Crippen LogP contribution >= 0.6 is 0 Å². The van der Waals surface area contributed by atoms with Crippen molar-refractivity contribution >= 4 is 11.4 Å². The molecule has 1 aromatic rings.